The van der Waals surface area contributed by atoms with E-state index in [1.54, 1.807) is 12.2 Å². The van der Waals surface area contributed by atoms with E-state index in [1.165, 1.54) is 0 Å². The van der Waals surface area contributed by atoms with E-state index in [9.17, 15) is 0 Å². The number of hydrazone groups is 1. The number of para-hydroxylation sites is 1. The minimum absolute atomic E-state index is 0.114. The van der Waals surface area contributed by atoms with Crippen LogP contribution in [-0.4, -0.2) is 23.9 Å². The molecule has 3 aromatic carbocycles. The zero-order chi connectivity index (χ0) is 22.6. The van der Waals surface area contributed by atoms with Crippen molar-refractivity contribution in [1.82, 2.24) is 5.01 Å². The highest BCUT2D eigenvalue weighted by Crippen LogP contribution is 2.47. The lowest BCUT2D eigenvalue weighted by Crippen LogP contribution is -2.33. The zero-order valence-electron chi connectivity index (χ0n) is 18.4. The van der Waals surface area contributed by atoms with Gasteiger partial charge in [-0.05, 0) is 60.2 Å². The van der Waals surface area contributed by atoms with Gasteiger partial charge in [0, 0.05) is 17.5 Å². The van der Waals surface area contributed by atoms with Gasteiger partial charge in [-0.1, -0.05) is 43.5 Å². The molecule has 0 amide bonds. The molecule has 0 spiro atoms. The zero-order valence-corrected chi connectivity index (χ0v) is 18.4. The number of fused-ring (bicyclic) bond motifs is 3. The maximum absolute atomic E-state index is 6.43. The summed E-state index contributed by atoms with van der Waals surface area (Å²) in [6.07, 6.45) is 3.97. The van der Waals surface area contributed by atoms with Crippen molar-refractivity contribution >= 4 is 5.71 Å². The quantitative estimate of drug-likeness (QED) is 0.401. The summed E-state index contributed by atoms with van der Waals surface area (Å²) in [5.74, 6) is 2.52. The van der Waals surface area contributed by atoms with Crippen LogP contribution in [0.5, 0.6) is 17.2 Å². The largest absolute Gasteiger partial charge is 0.490 e. The average Bonchev–Trinajstić information content (AvgIpc) is 3.32. The lowest BCUT2D eigenvalue weighted by atomic mass is 9.96. The van der Waals surface area contributed by atoms with Crippen LogP contribution in [0.15, 0.2) is 103 Å². The standard InChI is InChI=1S/C28H26N2O3/c1-3-17-31-22-13-9-20(10-14-22)25-19-26-24-7-5-6-8-27(24)33-28(30(26)29-25)21-11-15-23(16-12-21)32-18-4-2/h3-16,26,28H,1-2,17-19H2/t26-,28+/m1/s1. The van der Waals surface area contributed by atoms with Crippen LogP contribution in [0.25, 0.3) is 0 Å². The van der Waals surface area contributed by atoms with E-state index >= 15 is 0 Å². The molecule has 166 valence electrons. The first kappa shape index (κ1) is 20.9. The predicted octanol–water partition coefficient (Wildman–Crippen LogP) is 6.06. The molecular weight excluding hydrogens is 412 g/mol. The molecule has 2 aliphatic heterocycles. The number of hydrogen-bond acceptors (Lipinski definition) is 5. The van der Waals surface area contributed by atoms with Gasteiger partial charge in [0.1, 0.15) is 30.5 Å². The van der Waals surface area contributed by atoms with E-state index < -0.39 is 0 Å². The van der Waals surface area contributed by atoms with Crippen molar-refractivity contribution in [2.24, 2.45) is 5.10 Å². The third-order valence-electron chi connectivity index (χ3n) is 5.79. The van der Waals surface area contributed by atoms with Crippen LogP contribution < -0.4 is 14.2 Å². The number of rotatable bonds is 8. The number of nitrogens with zero attached hydrogens (tertiary/aromatic N) is 2. The molecule has 5 rings (SSSR count). The second-order valence-electron chi connectivity index (χ2n) is 7.95. The van der Waals surface area contributed by atoms with E-state index in [-0.39, 0.29) is 12.3 Å². The smallest absolute Gasteiger partial charge is 0.213 e. The van der Waals surface area contributed by atoms with E-state index in [0.717, 1.165) is 46.1 Å². The summed E-state index contributed by atoms with van der Waals surface area (Å²) in [7, 11) is 0. The molecule has 5 heteroatoms. The minimum Gasteiger partial charge on any atom is -0.490 e. The molecule has 0 saturated carbocycles. The van der Waals surface area contributed by atoms with Gasteiger partial charge < -0.3 is 14.2 Å². The van der Waals surface area contributed by atoms with Crippen LogP contribution in [0, 0.1) is 0 Å². The maximum Gasteiger partial charge on any atom is 0.213 e. The number of ether oxygens (including phenoxy) is 3. The van der Waals surface area contributed by atoms with E-state index in [2.05, 4.69) is 42.4 Å². The second kappa shape index (κ2) is 9.25. The van der Waals surface area contributed by atoms with Crippen LogP contribution >= 0.6 is 0 Å². The molecule has 0 bridgehead atoms. The van der Waals surface area contributed by atoms with Crippen molar-refractivity contribution in [3.63, 3.8) is 0 Å². The Bertz CT molecular complexity index is 1170. The summed E-state index contributed by atoms with van der Waals surface area (Å²) < 4.78 is 17.7. The molecule has 0 aliphatic carbocycles. The Morgan fingerprint density at radius 2 is 1.52 bits per heavy atom. The molecule has 0 radical (unpaired) electrons. The van der Waals surface area contributed by atoms with E-state index in [4.69, 9.17) is 19.3 Å². The second-order valence-corrected chi connectivity index (χ2v) is 7.95. The van der Waals surface area contributed by atoms with Crippen LogP contribution in [-0.2, 0) is 0 Å². The highest BCUT2D eigenvalue weighted by Gasteiger charge is 2.40. The van der Waals surface area contributed by atoms with Crippen LogP contribution in [0.2, 0.25) is 0 Å². The van der Waals surface area contributed by atoms with Crippen molar-refractivity contribution in [2.45, 2.75) is 18.7 Å². The van der Waals surface area contributed by atoms with Gasteiger partial charge >= 0.3 is 0 Å². The first-order chi connectivity index (χ1) is 16.3. The van der Waals surface area contributed by atoms with Gasteiger partial charge in [-0.2, -0.15) is 5.10 Å². The van der Waals surface area contributed by atoms with Gasteiger partial charge in [0.15, 0.2) is 0 Å². The Morgan fingerprint density at radius 1 is 0.879 bits per heavy atom. The van der Waals surface area contributed by atoms with Crippen molar-refractivity contribution in [3.05, 3.63) is 115 Å². The summed E-state index contributed by atoms with van der Waals surface area (Å²) in [4.78, 5) is 0. The summed E-state index contributed by atoms with van der Waals surface area (Å²) >= 11 is 0. The van der Waals surface area contributed by atoms with Gasteiger partial charge in [-0.25, -0.2) is 5.01 Å². The molecule has 2 atom stereocenters. The van der Waals surface area contributed by atoms with Crippen molar-refractivity contribution in [3.8, 4) is 17.2 Å². The Labute approximate surface area is 194 Å². The molecule has 0 aromatic heterocycles. The Hall–Kier alpha value is -3.99. The monoisotopic (exact) mass is 438 g/mol. The van der Waals surface area contributed by atoms with E-state index in [1.807, 2.05) is 48.5 Å². The fraction of sp³-hybridized carbons (Fsp3) is 0.179. The molecule has 2 heterocycles. The topological polar surface area (TPSA) is 43.3 Å². The molecule has 33 heavy (non-hydrogen) atoms. The Morgan fingerprint density at radius 3 is 2.18 bits per heavy atom. The molecule has 0 fully saturated rings. The van der Waals surface area contributed by atoms with Crippen LogP contribution in [0.4, 0.5) is 0 Å². The Kier molecular flexibility index (Phi) is 5.85. The predicted molar refractivity (Wildman–Crippen MR) is 130 cm³/mol. The van der Waals surface area contributed by atoms with Gasteiger partial charge in [0.2, 0.25) is 6.23 Å². The van der Waals surface area contributed by atoms with Gasteiger partial charge in [0.25, 0.3) is 0 Å². The molecular formula is C28H26N2O3. The first-order valence-corrected chi connectivity index (χ1v) is 11.1. The molecule has 2 aliphatic rings. The third-order valence-corrected chi connectivity index (χ3v) is 5.79. The van der Waals surface area contributed by atoms with E-state index in [0.29, 0.717) is 13.2 Å². The molecule has 3 aromatic rings. The fourth-order valence-electron chi connectivity index (χ4n) is 4.21. The SMILES string of the molecule is C=CCOc1ccc(C2=NN3[C@H](C2)c2ccccc2O[C@H]3c2ccc(OCC=C)cc2)cc1. The molecule has 0 N–H and O–H groups in total. The highest BCUT2D eigenvalue weighted by atomic mass is 16.5. The average molecular weight is 439 g/mol. The lowest BCUT2D eigenvalue weighted by molar-refractivity contribution is -0.0190. The summed E-state index contributed by atoms with van der Waals surface area (Å²) in [5.41, 5.74) is 4.30. The van der Waals surface area contributed by atoms with Crippen molar-refractivity contribution < 1.29 is 14.2 Å². The van der Waals surface area contributed by atoms with Crippen molar-refractivity contribution in [1.29, 1.82) is 0 Å². The Balaban J connectivity index is 1.45. The van der Waals surface area contributed by atoms with Gasteiger partial charge in [0.05, 0.1) is 11.8 Å². The number of hydrogen-bond donors (Lipinski definition) is 0. The van der Waals surface area contributed by atoms with Gasteiger partial charge in [-0.15, -0.1) is 0 Å². The molecule has 0 saturated heterocycles. The molecule has 0 unspecified atom stereocenters. The summed E-state index contributed by atoms with van der Waals surface area (Å²) in [5, 5.41) is 7.11. The van der Waals surface area contributed by atoms with Crippen LogP contribution in [0.1, 0.15) is 35.4 Å². The maximum atomic E-state index is 6.43. The highest BCUT2D eigenvalue weighted by molar-refractivity contribution is 6.02. The van der Waals surface area contributed by atoms with Crippen LogP contribution in [0.3, 0.4) is 0 Å². The van der Waals surface area contributed by atoms with Gasteiger partial charge in [-0.3, -0.25) is 0 Å². The van der Waals surface area contributed by atoms with Crippen molar-refractivity contribution in [2.75, 3.05) is 13.2 Å². The molecule has 5 nitrogen and oxygen atoms in total. The minimum atomic E-state index is -0.314. The third kappa shape index (κ3) is 4.22. The lowest BCUT2D eigenvalue weighted by Gasteiger charge is -2.38. The fourth-order valence-corrected chi connectivity index (χ4v) is 4.21. The summed E-state index contributed by atoms with van der Waals surface area (Å²) in [6.45, 7) is 8.36. The first-order valence-electron chi connectivity index (χ1n) is 11.1. The number of benzene rings is 3. The summed E-state index contributed by atoms with van der Waals surface area (Å²) in [6, 6.07) is 24.4. The normalized spacial score (nSPS) is 18.4.